The predicted octanol–water partition coefficient (Wildman–Crippen LogP) is 1.08. The lowest BCUT2D eigenvalue weighted by Crippen LogP contribution is -2.27. The van der Waals surface area contributed by atoms with E-state index in [1.807, 2.05) is 13.0 Å². The molecule has 0 bridgehead atoms. The molecule has 1 aromatic heterocycles. The van der Waals surface area contributed by atoms with E-state index >= 15 is 0 Å². The van der Waals surface area contributed by atoms with E-state index in [0.29, 0.717) is 5.88 Å². The minimum atomic E-state index is -0.275. The number of aromatic nitrogens is 1. The van der Waals surface area contributed by atoms with Crippen molar-refractivity contribution in [3.63, 3.8) is 0 Å². The minimum Gasteiger partial charge on any atom is -0.481 e. The molecule has 2 unspecified atom stereocenters. The van der Waals surface area contributed by atoms with Gasteiger partial charge in [-0.15, -0.1) is 0 Å². The third kappa shape index (κ3) is 3.71. The molecule has 0 aliphatic heterocycles. The first-order valence-electron chi connectivity index (χ1n) is 5.40. The van der Waals surface area contributed by atoms with Crippen molar-refractivity contribution in [3.05, 3.63) is 23.9 Å². The normalized spacial score (nSPS) is 13.9. The first-order chi connectivity index (χ1) is 8.08. The van der Waals surface area contributed by atoms with E-state index in [2.05, 4.69) is 9.72 Å². The number of hydrogen-bond donors (Lipinski definition) is 1. The molecule has 0 radical (unpaired) electrons. The van der Waals surface area contributed by atoms with Crippen LogP contribution in [0.5, 0.6) is 5.88 Å². The summed E-state index contributed by atoms with van der Waals surface area (Å²) in [4.78, 5) is 15.4. The molecular weight excluding hydrogens is 220 g/mol. The number of hydrogen-bond acceptors (Lipinski definition) is 5. The third-order valence-electron chi connectivity index (χ3n) is 2.65. The number of carbonyl (C=O) groups excluding carboxylic acids is 1. The molecule has 1 aromatic rings. The van der Waals surface area contributed by atoms with E-state index in [1.165, 1.54) is 7.11 Å². The second-order valence-electron chi connectivity index (χ2n) is 3.88. The number of carbonyl (C=O) groups is 1. The number of nitrogens with zero attached hydrogens (tertiary/aromatic N) is 1. The summed E-state index contributed by atoms with van der Waals surface area (Å²) in [6.45, 7) is 1.86. The molecule has 0 aromatic carbocycles. The lowest BCUT2D eigenvalue weighted by atomic mass is 9.91. The molecule has 2 atom stereocenters. The second-order valence-corrected chi connectivity index (χ2v) is 3.88. The Labute approximate surface area is 101 Å². The molecule has 0 fully saturated rings. The van der Waals surface area contributed by atoms with Crippen molar-refractivity contribution in [2.24, 2.45) is 5.73 Å². The smallest absolute Gasteiger partial charge is 0.306 e. The Morgan fingerprint density at radius 1 is 1.47 bits per heavy atom. The Kier molecular flexibility index (Phi) is 4.90. The topological polar surface area (TPSA) is 74.4 Å². The fourth-order valence-corrected chi connectivity index (χ4v) is 1.60. The highest BCUT2D eigenvalue weighted by molar-refractivity contribution is 5.70. The van der Waals surface area contributed by atoms with Gasteiger partial charge in [0.25, 0.3) is 0 Å². The highest BCUT2D eigenvalue weighted by Gasteiger charge is 2.20. The standard InChI is InChI=1S/C12H18N2O3/c1-8(13)10(6-12(15)17-3)9-4-5-11(16-2)14-7-9/h4-5,7-8,10H,6,13H2,1-3H3. The van der Waals surface area contributed by atoms with E-state index in [1.54, 1.807) is 19.4 Å². The molecule has 0 spiro atoms. The Bertz CT molecular complexity index is 363. The number of ether oxygens (including phenoxy) is 2. The van der Waals surface area contributed by atoms with Crippen molar-refractivity contribution in [1.29, 1.82) is 0 Å². The zero-order chi connectivity index (χ0) is 12.8. The van der Waals surface area contributed by atoms with Crippen LogP contribution in [0.25, 0.3) is 0 Å². The molecule has 2 N–H and O–H groups in total. The number of esters is 1. The zero-order valence-electron chi connectivity index (χ0n) is 10.3. The van der Waals surface area contributed by atoms with E-state index < -0.39 is 0 Å². The third-order valence-corrected chi connectivity index (χ3v) is 2.65. The number of methoxy groups -OCH3 is 2. The monoisotopic (exact) mass is 238 g/mol. The molecule has 0 saturated carbocycles. The molecule has 0 amide bonds. The van der Waals surface area contributed by atoms with Crippen LogP contribution in [-0.4, -0.2) is 31.2 Å². The molecule has 94 valence electrons. The predicted molar refractivity (Wildman–Crippen MR) is 63.8 cm³/mol. The summed E-state index contributed by atoms with van der Waals surface area (Å²) in [7, 11) is 2.92. The summed E-state index contributed by atoms with van der Waals surface area (Å²) in [5.41, 5.74) is 6.78. The quantitative estimate of drug-likeness (QED) is 0.777. The fraction of sp³-hybridized carbons (Fsp3) is 0.500. The van der Waals surface area contributed by atoms with E-state index in [-0.39, 0.29) is 24.3 Å². The summed E-state index contributed by atoms with van der Waals surface area (Å²) < 4.78 is 9.64. The van der Waals surface area contributed by atoms with Crippen LogP contribution >= 0.6 is 0 Å². The van der Waals surface area contributed by atoms with Crippen molar-refractivity contribution in [2.45, 2.75) is 25.3 Å². The summed E-state index contributed by atoms with van der Waals surface area (Å²) in [6, 6.07) is 3.47. The molecular formula is C12H18N2O3. The average Bonchev–Trinajstić information content (AvgIpc) is 2.35. The van der Waals surface area contributed by atoms with Crippen LogP contribution in [0, 0.1) is 0 Å². The van der Waals surface area contributed by atoms with Crippen LogP contribution in [0.2, 0.25) is 0 Å². The van der Waals surface area contributed by atoms with Crippen molar-refractivity contribution in [3.8, 4) is 5.88 Å². The van der Waals surface area contributed by atoms with Gasteiger partial charge >= 0.3 is 5.97 Å². The lowest BCUT2D eigenvalue weighted by molar-refractivity contribution is -0.141. The van der Waals surface area contributed by atoms with Crippen molar-refractivity contribution < 1.29 is 14.3 Å². The largest absolute Gasteiger partial charge is 0.481 e. The van der Waals surface area contributed by atoms with Crippen molar-refractivity contribution in [1.82, 2.24) is 4.98 Å². The van der Waals surface area contributed by atoms with Crippen LogP contribution in [0.1, 0.15) is 24.8 Å². The van der Waals surface area contributed by atoms with Gasteiger partial charge in [0.2, 0.25) is 5.88 Å². The van der Waals surface area contributed by atoms with Gasteiger partial charge in [0.1, 0.15) is 0 Å². The molecule has 0 aliphatic carbocycles. The number of rotatable bonds is 5. The van der Waals surface area contributed by atoms with Gasteiger partial charge in [-0.05, 0) is 12.5 Å². The Morgan fingerprint density at radius 3 is 2.59 bits per heavy atom. The lowest BCUT2D eigenvalue weighted by Gasteiger charge is -2.19. The molecule has 17 heavy (non-hydrogen) atoms. The van der Waals surface area contributed by atoms with Gasteiger partial charge in [-0.3, -0.25) is 4.79 Å². The van der Waals surface area contributed by atoms with Gasteiger partial charge in [-0.25, -0.2) is 4.98 Å². The molecule has 0 aliphatic rings. The molecule has 5 heteroatoms. The van der Waals surface area contributed by atoms with Gasteiger partial charge in [-0.2, -0.15) is 0 Å². The highest BCUT2D eigenvalue weighted by Crippen LogP contribution is 2.23. The fourth-order valence-electron chi connectivity index (χ4n) is 1.60. The van der Waals surface area contributed by atoms with Crippen LogP contribution in [0.4, 0.5) is 0 Å². The van der Waals surface area contributed by atoms with Crippen molar-refractivity contribution in [2.75, 3.05) is 14.2 Å². The SMILES string of the molecule is COC(=O)CC(c1ccc(OC)nc1)C(C)N. The average molecular weight is 238 g/mol. The van der Waals surface area contributed by atoms with Gasteiger partial charge in [0.05, 0.1) is 20.6 Å². The maximum absolute atomic E-state index is 11.3. The highest BCUT2D eigenvalue weighted by atomic mass is 16.5. The van der Waals surface area contributed by atoms with Gasteiger partial charge in [0.15, 0.2) is 0 Å². The summed E-state index contributed by atoms with van der Waals surface area (Å²) >= 11 is 0. The molecule has 1 rings (SSSR count). The summed E-state index contributed by atoms with van der Waals surface area (Å²) in [6.07, 6.45) is 1.93. The number of pyridine rings is 1. The second kappa shape index (κ2) is 6.20. The number of nitrogens with two attached hydrogens (primary N) is 1. The van der Waals surface area contributed by atoms with Gasteiger partial charge in [0, 0.05) is 24.2 Å². The zero-order valence-corrected chi connectivity index (χ0v) is 10.3. The maximum atomic E-state index is 11.3. The van der Waals surface area contributed by atoms with E-state index in [0.717, 1.165) is 5.56 Å². The Hall–Kier alpha value is -1.62. The Balaban J connectivity index is 2.85. The van der Waals surface area contributed by atoms with E-state index in [4.69, 9.17) is 10.5 Å². The molecule has 1 heterocycles. The first kappa shape index (κ1) is 13.4. The van der Waals surface area contributed by atoms with Crippen LogP contribution < -0.4 is 10.5 Å². The van der Waals surface area contributed by atoms with Gasteiger partial charge < -0.3 is 15.2 Å². The first-order valence-corrected chi connectivity index (χ1v) is 5.40. The minimum absolute atomic E-state index is 0.0964. The molecule has 5 nitrogen and oxygen atoms in total. The van der Waals surface area contributed by atoms with Gasteiger partial charge in [-0.1, -0.05) is 6.07 Å². The van der Waals surface area contributed by atoms with Crippen LogP contribution in [0.3, 0.4) is 0 Å². The Morgan fingerprint density at radius 2 is 2.18 bits per heavy atom. The van der Waals surface area contributed by atoms with Crippen LogP contribution in [-0.2, 0) is 9.53 Å². The summed E-state index contributed by atoms with van der Waals surface area (Å²) in [5.74, 6) is 0.166. The maximum Gasteiger partial charge on any atom is 0.306 e. The molecule has 0 saturated heterocycles. The van der Waals surface area contributed by atoms with E-state index in [9.17, 15) is 4.79 Å². The van der Waals surface area contributed by atoms with Crippen LogP contribution in [0.15, 0.2) is 18.3 Å². The summed E-state index contributed by atoms with van der Waals surface area (Å²) in [5, 5.41) is 0. The van der Waals surface area contributed by atoms with Crippen molar-refractivity contribution >= 4 is 5.97 Å².